The van der Waals surface area contributed by atoms with Crippen molar-refractivity contribution in [1.29, 1.82) is 0 Å². The largest absolute Gasteiger partial charge is 0.327 e. The molecule has 2 N–H and O–H groups in total. The molecule has 0 aliphatic rings. The second kappa shape index (κ2) is 5.30. The van der Waals surface area contributed by atoms with Gasteiger partial charge in [0.25, 0.3) is 0 Å². The molecule has 0 aliphatic carbocycles. The lowest BCUT2D eigenvalue weighted by atomic mass is 10.1. The van der Waals surface area contributed by atoms with Gasteiger partial charge in [-0.05, 0) is 18.1 Å². The van der Waals surface area contributed by atoms with Gasteiger partial charge in [-0.25, -0.2) is 0 Å². The van der Waals surface area contributed by atoms with E-state index in [0.29, 0.717) is 12.0 Å². The fourth-order valence-electron chi connectivity index (χ4n) is 0.902. The Kier molecular flexibility index (Phi) is 4.33. The van der Waals surface area contributed by atoms with Crippen LogP contribution in [0.1, 0.15) is 13.8 Å². The first-order valence-corrected chi connectivity index (χ1v) is 5.62. The first-order chi connectivity index (χ1) is 6.20. The van der Waals surface area contributed by atoms with E-state index >= 15 is 0 Å². The summed E-state index contributed by atoms with van der Waals surface area (Å²) in [7, 11) is 0. The molecular formula is C11H17NS. The van der Waals surface area contributed by atoms with Gasteiger partial charge < -0.3 is 5.73 Å². The Morgan fingerprint density at radius 3 is 2.38 bits per heavy atom. The highest BCUT2D eigenvalue weighted by Crippen LogP contribution is 2.19. The lowest BCUT2D eigenvalue weighted by Gasteiger charge is -2.14. The van der Waals surface area contributed by atoms with Crippen LogP contribution in [-0.4, -0.2) is 11.8 Å². The van der Waals surface area contributed by atoms with Crippen molar-refractivity contribution in [2.45, 2.75) is 24.8 Å². The Labute approximate surface area is 84.7 Å². The van der Waals surface area contributed by atoms with Crippen LogP contribution in [0.15, 0.2) is 35.2 Å². The van der Waals surface area contributed by atoms with E-state index in [0.717, 1.165) is 5.75 Å². The van der Waals surface area contributed by atoms with E-state index in [-0.39, 0.29) is 0 Å². The molecule has 1 aromatic rings. The van der Waals surface area contributed by atoms with Gasteiger partial charge in [0, 0.05) is 16.7 Å². The van der Waals surface area contributed by atoms with Gasteiger partial charge in [0.05, 0.1) is 0 Å². The summed E-state index contributed by atoms with van der Waals surface area (Å²) in [5.41, 5.74) is 5.94. The lowest BCUT2D eigenvalue weighted by molar-refractivity contribution is 0.535. The van der Waals surface area contributed by atoms with Crippen LogP contribution in [0.25, 0.3) is 0 Å². The summed E-state index contributed by atoms with van der Waals surface area (Å²) in [5, 5.41) is 0. The van der Waals surface area contributed by atoms with E-state index < -0.39 is 0 Å². The summed E-state index contributed by atoms with van der Waals surface area (Å²) < 4.78 is 0. The standard InChI is InChI=1S/C11H17NS/c1-9(2)11(12)8-13-10-6-4-3-5-7-10/h3-7,9,11H,8,12H2,1-2H3/t11-/m0/s1. The minimum Gasteiger partial charge on any atom is -0.327 e. The molecule has 72 valence electrons. The Morgan fingerprint density at radius 2 is 1.85 bits per heavy atom. The molecule has 0 saturated heterocycles. The number of rotatable bonds is 4. The van der Waals surface area contributed by atoms with Gasteiger partial charge in [0.2, 0.25) is 0 Å². The maximum Gasteiger partial charge on any atom is 0.0157 e. The summed E-state index contributed by atoms with van der Waals surface area (Å²) in [6.45, 7) is 4.33. The quantitative estimate of drug-likeness (QED) is 0.748. The van der Waals surface area contributed by atoms with Crippen LogP contribution in [0, 0.1) is 5.92 Å². The molecule has 1 nitrogen and oxygen atoms in total. The van der Waals surface area contributed by atoms with Crippen LogP contribution in [0.4, 0.5) is 0 Å². The first-order valence-electron chi connectivity index (χ1n) is 4.63. The highest BCUT2D eigenvalue weighted by Gasteiger charge is 2.07. The molecule has 0 aliphatic heterocycles. The minimum atomic E-state index is 0.296. The summed E-state index contributed by atoms with van der Waals surface area (Å²) in [4.78, 5) is 1.30. The van der Waals surface area contributed by atoms with Crippen molar-refractivity contribution >= 4 is 11.8 Å². The zero-order valence-corrected chi connectivity index (χ0v) is 9.05. The Balaban J connectivity index is 2.35. The second-order valence-corrected chi connectivity index (χ2v) is 4.63. The molecule has 0 amide bonds. The van der Waals surface area contributed by atoms with Gasteiger partial charge in [-0.3, -0.25) is 0 Å². The van der Waals surface area contributed by atoms with Crippen LogP contribution in [-0.2, 0) is 0 Å². The summed E-state index contributed by atoms with van der Waals surface area (Å²) in [6, 6.07) is 10.7. The number of thioether (sulfide) groups is 1. The third kappa shape index (κ3) is 3.83. The number of hydrogen-bond acceptors (Lipinski definition) is 2. The van der Waals surface area contributed by atoms with Gasteiger partial charge >= 0.3 is 0 Å². The fourth-order valence-corrected chi connectivity index (χ4v) is 2.02. The third-order valence-electron chi connectivity index (χ3n) is 2.04. The highest BCUT2D eigenvalue weighted by atomic mass is 32.2. The minimum absolute atomic E-state index is 0.296. The molecule has 0 spiro atoms. The smallest absolute Gasteiger partial charge is 0.0157 e. The van der Waals surface area contributed by atoms with E-state index in [4.69, 9.17) is 5.73 Å². The molecule has 0 fully saturated rings. The predicted molar refractivity (Wildman–Crippen MR) is 60.0 cm³/mol. The van der Waals surface area contributed by atoms with Crippen LogP contribution in [0.3, 0.4) is 0 Å². The summed E-state index contributed by atoms with van der Waals surface area (Å²) in [6.07, 6.45) is 0. The predicted octanol–water partition coefficient (Wildman–Crippen LogP) is 2.76. The molecular weight excluding hydrogens is 178 g/mol. The van der Waals surface area contributed by atoms with Gasteiger partial charge in [0.1, 0.15) is 0 Å². The van der Waals surface area contributed by atoms with E-state index in [2.05, 4.69) is 38.1 Å². The molecule has 1 rings (SSSR count). The van der Waals surface area contributed by atoms with Gasteiger partial charge in [-0.1, -0.05) is 32.0 Å². The molecule has 13 heavy (non-hydrogen) atoms. The molecule has 1 atom stereocenters. The van der Waals surface area contributed by atoms with E-state index in [9.17, 15) is 0 Å². The monoisotopic (exact) mass is 195 g/mol. The van der Waals surface area contributed by atoms with Crippen LogP contribution in [0.5, 0.6) is 0 Å². The van der Waals surface area contributed by atoms with Gasteiger partial charge in [0.15, 0.2) is 0 Å². The van der Waals surface area contributed by atoms with Crippen molar-refractivity contribution < 1.29 is 0 Å². The third-order valence-corrected chi connectivity index (χ3v) is 3.20. The zero-order chi connectivity index (χ0) is 9.68. The van der Waals surface area contributed by atoms with E-state index in [1.54, 1.807) is 0 Å². The topological polar surface area (TPSA) is 26.0 Å². The molecule has 0 bridgehead atoms. The number of benzene rings is 1. The maximum atomic E-state index is 5.94. The Morgan fingerprint density at radius 1 is 1.23 bits per heavy atom. The average Bonchev–Trinajstić information content (AvgIpc) is 2.15. The fraction of sp³-hybridized carbons (Fsp3) is 0.455. The van der Waals surface area contributed by atoms with E-state index in [1.807, 2.05) is 17.8 Å². The average molecular weight is 195 g/mol. The zero-order valence-electron chi connectivity index (χ0n) is 8.23. The van der Waals surface area contributed by atoms with Crippen molar-refractivity contribution in [3.8, 4) is 0 Å². The van der Waals surface area contributed by atoms with Crippen molar-refractivity contribution in [3.63, 3.8) is 0 Å². The first kappa shape index (κ1) is 10.6. The van der Waals surface area contributed by atoms with Crippen molar-refractivity contribution in [1.82, 2.24) is 0 Å². The molecule has 0 unspecified atom stereocenters. The summed E-state index contributed by atoms with van der Waals surface area (Å²) in [5.74, 6) is 1.57. The molecule has 0 heterocycles. The lowest BCUT2D eigenvalue weighted by Crippen LogP contribution is -2.28. The Bertz CT molecular complexity index is 233. The highest BCUT2D eigenvalue weighted by molar-refractivity contribution is 7.99. The van der Waals surface area contributed by atoms with Crippen LogP contribution >= 0.6 is 11.8 Å². The number of hydrogen-bond donors (Lipinski definition) is 1. The molecule has 2 heteroatoms. The normalized spacial score (nSPS) is 13.2. The van der Waals surface area contributed by atoms with E-state index in [1.165, 1.54) is 4.90 Å². The van der Waals surface area contributed by atoms with Crippen molar-refractivity contribution in [2.75, 3.05) is 5.75 Å². The number of nitrogens with two attached hydrogens (primary N) is 1. The maximum absolute atomic E-state index is 5.94. The van der Waals surface area contributed by atoms with Gasteiger partial charge in [-0.15, -0.1) is 11.8 Å². The molecule has 0 saturated carbocycles. The summed E-state index contributed by atoms with van der Waals surface area (Å²) >= 11 is 1.83. The van der Waals surface area contributed by atoms with Crippen LogP contribution < -0.4 is 5.73 Å². The second-order valence-electron chi connectivity index (χ2n) is 3.53. The Hall–Kier alpha value is -0.470. The van der Waals surface area contributed by atoms with Crippen LogP contribution in [0.2, 0.25) is 0 Å². The molecule has 1 aromatic carbocycles. The molecule has 0 radical (unpaired) electrons. The van der Waals surface area contributed by atoms with Crippen molar-refractivity contribution in [3.05, 3.63) is 30.3 Å². The molecule has 0 aromatic heterocycles. The SMILES string of the molecule is CC(C)[C@@H](N)CSc1ccccc1. The van der Waals surface area contributed by atoms with Gasteiger partial charge in [-0.2, -0.15) is 0 Å². The van der Waals surface area contributed by atoms with Crippen molar-refractivity contribution in [2.24, 2.45) is 11.7 Å².